The van der Waals surface area contributed by atoms with Crippen LogP contribution in [-0.2, 0) is 4.74 Å². The highest BCUT2D eigenvalue weighted by Gasteiger charge is 2.44. The molecule has 1 saturated heterocycles. The Bertz CT molecular complexity index is 1140. The summed E-state index contributed by atoms with van der Waals surface area (Å²) in [5.74, 6) is 0.739. The van der Waals surface area contributed by atoms with Crippen LogP contribution in [0.1, 0.15) is 6.23 Å². The number of aliphatic hydroxyl groups is 2. The standard InChI is InChI=1S/C18H18N6O3S/c19-16-13-17(22-7-21-16)24(8-23-13)18-15(26)14(25)11(27-18)6-28-12-5-20-10-4-2-1-3-9(10)12/h1-5,7-8,11,14-15,18,20,25-26H,6H2,(H2,19,21,22)/t11-,14-,15-,18-/m1/s1. The number of nitrogen functional groups attached to an aromatic ring is 1. The van der Waals surface area contributed by atoms with Gasteiger partial charge in [-0.3, -0.25) is 4.57 Å². The fourth-order valence-corrected chi connectivity index (χ4v) is 4.58. The van der Waals surface area contributed by atoms with Gasteiger partial charge in [-0.25, -0.2) is 15.0 Å². The van der Waals surface area contributed by atoms with Gasteiger partial charge in [0, 0.05) is 27.7 Å². The van der Waals surface area contributed by atoms with E-state index in [0.29, 0.717) is 16.9 Å². The van der Waals surface area contributed by atoms with Crippen molar-refractivity contribution in [3.05, 3.63) is 43.1 Å². The van der Waals surface area contributed by atoms with Gasteiger partial charge in [-0.05, 0) is 6.07 Å². The van der Waals surface area contributed by atoms with Crippen LogP contribution >= 0.6 is 11.8 Å². The topological polar surface area (TPSA) is 135 Å². The van der Waals surface area contributed by atoms with E-state index in [9.17, 15) is 10.2 Å². The van der Waals surface area contributed by atoms with Crippen molar-refractivity contribution in [2.24, 2.45) is 0 Å². The van der Waals surface area contributed by atoms with Gasteiger partial charge < -0.3 is 25.7 Å². The number of para-hydroxylation sites is 1. The van der Waals surface area contributed by atoms with Gasteiger partial charge in [-0.2, -0.15) is 0 Å². The third kappa shape index (κ3) is 2.73. The number of aliphatic hydroxyl groups excluding tert-OH is 2. The number of nitrogens with zero attached hydrogens (tertiary/aromatic N) is 4. The summed E-state index contributed by atoms with van der Waals surface area (Å²) in [5.41, 5.74) is 7.76. The molecule has 1 aliphatic heterocycles. The normalized spacial score (nSPS) is 25.1. The minimum absolute atomic E-state index is 0.253. The van der Waals surface area contributed by atoms with E-state index in [2.05, 4.69) is 19.9 Å². The molecule has 28 heavy (non-hydrogen) atoms. The average Bonchev–Trinajstić information content (AvgIpc) is 3.39. The first kappa shape index (κ1) is 17.4. The Morgan fingerprint density at radius 2 is 2.04 bits per heavy atom. The number of nitrogens with two attached hydrogens (primary N) is 1. The summed E-state index contributed by atoms with van der Waals surface area (Å²) in [7, 11) is 0. The van der Waals surface area contributed by atoms with Crippen LogP contribution in [0, 0.1) is 0 Å². The maximum atomic E-state index is 10.5. The van der Waals surface area contributed by atoms with Crippen molar-refractivity contribution in [3.63, 3.8) is 0 Å². The van der Waals surface area contributed by atoms with Gasteiger partial charge in [0.25, 0.3) is 0 Å². The van der Waals surface area contributed by atoms with Crippen LogP contribution in [0.15, 0.2) is 48.0 Å². The number of aromatic nitrogens is 5. The van der Waals surface area contributed by atoms with Crippen molar-refractivity contribution < 1.29 is 14.9 Å². The number of aromatic amines is 1. The SMILES string of the molecule is Nc1ncnc2c1ncn2[C@@H]1O[C@H](CSc2c[nH]c3ccccc23)[C@@H](O)[C@H]1O. The highest BCUT2D eigenvalue weighted by Crippen LogP contribution is 2.36. The molecule has 3 aromatic heterocycles. The summed E-state index contributed by atoms with van der Waals surface area (Å²) < 4.78 is 7.56. The van der Waals surface area contributed by atoms with E-state index in [0.717, 1.165) is 15.8 Å². The second-order valence-electron chi connectivity index (χ2n) is 6.64. The molecule has 0 aliphatic carbocycles. The quantitative estimate of drug-likeness (QED) is 0.378. The third-order valence-electron chi connectivity index (χ3n) is 4.95. The summed E-state index contributed by atoms with van der Waals surface area (Å²) >= 11 is 1.57. The van der Waals surface area contributed by atoms with Gasteiger partial charge in [0.1, 0.15) is 24.1 Å². The summed E-state index contributed by atoms with van der Waals surface area (Å²) in [6, 6.07) is 8.01. The van der Waals surface area contributed by atoms with E-state index in [-0.39, 0.29) is 5.82 Å². The molecule has 4 atom stereocenters. The lowest BCUT2D eigenvalue weighted by molar-refractivity contribution is -0.0289. The Balaban J connectivity index is 1.37. The molecule has 5 rings (SSSR count). The molecule has 0 bridgehead atoms. The monoisotopic (exact) mass is 398 g/mol. The van der Waals surface area contributed by atoms with Gasteiger partial charge in [0.2, 0.25) is 0 Å². The molecule has 1 fully saturated rings. The fraction of sp³-hybridized carbons (Fsp3) is 0.278. The van der Waals surface area contributed by atoms with Gasteiger partial charge in [0.05, 0.1) is 12.4 Å². The number of ether oxygens (including phenoxy) is 1. The number of thioether (sulfide) groups is 1. The number of hydrogen-bond acceptors (Lipinski definition) is 8. The Morgan fingerprint density at radius 1 is 1.18 bits per heavy atom. The number of H-pyrrole nitrogens is 1. The minimum atomic E-state index is -1.11. The molecule has 0 amide bonds. The highest BCUT2D eigenvalue weighted by molar-refractivity contribution is 7.99. The summed E-state index contributed by atoms with van der Waals surface area (Å²) in [6.07, 6.45) is 1.27. The first-order valence-corrected chi connectivity index (χ1v) is 9.75. The van der Waals surface area contributed by atoms with Gasteiger partial charge in [-0.1, -0.05) is 18.2 Å². The Hall–Kier alpha value is -2.66. The largest absolute Gasteiger partial charge is 0.387 e. The van der Waals surface area contributed by atoms with E-state index in [1.165, 1.54) is 12.7 Å². The summed E-state index contributed by atoms with van der Waals surface area (Å²) in [5, 5.41) is 22.2. The van der Waals surface area contributed by atoms with Crippen molar-refractivity contribution in [1.29, 1.82) is 0 Å². The number of nitrogens with one attached hydrogen (secondary N) is 1. The number of rotatable bonds is 4. The van der Waals surface area contributed by atoms with E-state index < -0.39 is 24.5 Å². The maximum absolute atomic E-state index is 10.5. The second-order valence-corrected chi connectivity index (χ2v) is 7.70. The lowest BCUT2D eigenvalue weighted by Crippen LogP contribution is -2.32. The second kappa shape index (κ2) is 6.74. The third-order valence-corrected chi connectivity index (χ3v) is 6.10. The van der Waals surface area contributed by atoms with Crippen LogP contribution in [0.25, 0.3) is 22.1 Å². The Labute approximate surface area is 163 Å². The Morgan fingerprint density at radius 3 is 2.93 bits per heavy atom. The van der Waals surface area contributed by atoms with Crippen LogP contribution in [-0.4, -0.2) is 58.8 Å². The fourth-order valence-electron chi connectivity index (χ4n) is 3.49. The van der Waals surface area contributed by atoms with Crippen LogP contribution in [0.3, 0.4) is 0 Å². The molecule has 1 aromatic carbocycles. The van der Waals surface area contributed by atoms with Crippen molar-refractivity contribution in [3.8, 4) is 0 Å². The van der Waals surface area contributed by atoms with Crippen molar-refractivity contribution in [2.45, 2.75) is 29.4 Å². The van der Waals surface area contributed by atoms with E-state index >= 15 is 0 Å². The molecule has 0 saturated carbocycles. The zero-order chi connectivity index (χ0) is 19.3. The molecule has 0 unspecified atom stereocenters. The zero-order valence-electron chi connectivity index (χ0n) is 14.6. The van der Waals surface area contributed by atoms with Gasteiger partial charge in [0.15, 0.2) is 17.7 Å². The molecule has 1 aliphatic rings. The average molecular weight is 398 g/mol. The lowest BCUT2D eigenvalue weighted by atomic mass is 10.1. The van der Waals surface area contributed by atoms with Crippen molar-refractivity contribution >= 4 is 39.6 Å². The van der Waals surface area contributed by atoms with E-state index in [4.69, 9.17) is 10.5 Å². The molecule has 4 aromatic rings. The van der Waals surface area contributed by atoms with Gasteiger partial charge in [-0.15, -0.1) is 11.8 Å². The predicted octanol–water partition coefficient (Wildman–Crippen LogP) is 1.30. The summed E-state index contributed by atoms with van der Waals surface area (Å²) in [6.45, 7) is 0. The number of fused-ring (bicyclic) bond motifs is 2. The maximum Gasteiger partial charge on any atom is 0.167 e. The van der Waals surface area contributed by atoms with Crippen LogP contribution in [0.5, 0.6) is 0 Å². The van der Waals surface area contributed by atoms with Crippen LogP contribution in [0.2, 0.25) is 0 Å². The highest BCUT2D eigenvalue weighted by atomic mass is 32.2. The molecular weight excluding hydrogens is 380 g/mol. The molecule has 0 spiro atoms. The van der Waals surface area contributed by atoms with Crippen LogP contribution in [0.4, 0.5) is 5.82 Å². The molecule has 0 radical (unpaired) electrons. The first-order valence-electron chi connectivity index (χ1n) is 8.77. The first-order chi connectivity index (χ1) is 13.6. The lowest BCUT2D eigenvalue weighted by Gasteiger charge is -2.16. The van der Waals surface area contributed by atoms with Crippen molar-refractivity contribution in [2.75, 3.05) is 11.5 Å². The number of imidazole rings is 1. The van der Waals surface area contributed by atoms with Crippen molar-refractivity contribution in [1.82, 2.24) is 24.5 Å². The smallest absolute Gasteiger partial charge is 0.167 e. The number of hydrogen-bond donors (Lipinski definition) is 4. The number of benzene rings is 1. The molecule has 144 valence electrons. The summed E-state index contributed by atoms with van der Waals surface area (Å²) in [4.78, 5) is 16.6. The van der Waals surface area contributed by atoms with Gasteiger partial charge >= 0.3 is 0 Å². The van der Waals surface area contributed by atoms with E-state index in [1.807, 2.05) is 30.5 Å². The Kier molecular flexibility index (Phi) is 4.20. The molecule has 9 nitrogen and oxygen atoms in total. The molecule has 5 N–H and O–H groups in total. The molecule has 4 heterocycles. The zero-order valence-corrected chi connectivity index (χ0v) is 15.5. The number of anilines is 1. The molecular formula is C18H18N6O3S. The van der Waals surface area contributed by atoms with Crippen LogP contribution < -0.4 is 5.73 Å². The minimum Gasteiger partial charge on any atom is -0.387 e. The van der Waals surface area contributed by atoms with E-state index in [1.54, 1.807) is 16.3 Å². The molecule has 10 heteroatoms. The predicted molar refractivity (Wildman–Crippen MR) is 105 cm³/mol.